The highest BCUT2D eigenvalue weighted by Gasteiger charge is 2.27. The van der Waals surface area contributed by atoms with Gasteiger partial charge in [-0.05, 0) is 35.5 Å². The average molecular weight is 267 g/mol. The fourth-order valence-electron chi connectivity index (χ4n) is 1.78. The minimum atomic E-state index is -0.101. The molecule has 0 aliphatic carbocycles. The van der Waals surface area contributed by atoms with E-state index >= 15 is 0 Å². The molecule has 0 saturated heterocycles. The van der Waals surface area contributed by atoms with E-state index in [1.807, 2.05) is 0 Å². The summed E-state index contributed by atoms with van der Waals surface area (Å²) in [6, 6.07) is 1.99. The molecule has 5 heteroatoms. The highest BCUT2D eigenvalue weighted by Crippen LogP contribution is 2.34. The van der Waals surface area contributed by atoms with Crippen LogP contribution in [0.25, 0.3) is 0 Å². The Hall–Kier alpha value is -0.780. The van der Waals surface area contributed by atoms with Crippen molar-refractivity contribution in [3.05, 3.63) is 32.5 Å². The van der Waals surface area contributed by atoms with Crippen LogP contribution in [0.15, 0.2) is 11.4 Å². The Morgan fingerprint density at radius 1 is 1.35 bits per heavy atom. The molecule has 2 aromatic rings. The maximum atomic E-state index is 6.34. The SMILES string of the molecule is Cc1sccc1C(N)c1snnc1C(C)(C)C. The van der Waals surface area contributed by atoms with Crippen molar-refractivity contribution in [2.24, 2.45) is 5.73 Å². The minimum Gasteiger partial charge on any atom is -0.319 e. The van der Waals surface area contributed by atoms with Crippen LogP contribution in [0.5, 0.6) is 0 Å². The van der Waals surface area contributed by atoms with Gasteiger partial charge in [0.1, 0.15) is 0 Å². The van der Waals surface area contributed by atoms with Crippen molar-refractivity contribution in [2.45, 2.75) is 39.2 Å². The normalized spacial score (nSPS) is 13.9. The van der Waals surface area contributed by atoms with Crippen molar-refractivity contribution in [3.8, 4) is 0 Å². The molecule has 1 atom stereocenters. The van der Waals surface area contributed by atoms with Crippen LogP contribution in [0.4, 0.5) is 0 Å². The molecule has 2 N–H and O–H groups in total. The lowest BCUT2D eigenvalue weighted by Gasteiger charge is -2.19. The van der Waals surface area contributed by atoms with Gasteiger partial charge in [-0.25, -0.2) is 0 Å². The average Bonchev–Trinajstić information content (AvgIpc) is 2.82. The number of hydrogen-bond donors (Lipinski definition) is 1. The summed E-state index contributed by atoms with van der Waals surface area (Å²) in [5, 5.41) is 6.32. The monoisotopic (exact) mass is 267 g/mol. The largest absolute Gasteiger partial charge is 0.319 e. The van der Waals surface area contributed by atoms with Crippen molar-refractivity contribution in [1.29, 1.82) is 0 Å². The van der Waals surface area contributed by atoms with E-state index < -0.39 is 0 Å². The van der Waals surface area contributed by atoms with Crippen LogP contribution in [-0.4, -0.2) is 9.59 Å². The summed E-state index contributed by atoms with van der Waals surface area (Å²) in [7, 11) is 0. The number of rotatable bonds is 2. The topological polar surface area (TPSA) is 51.8 Å². The zero-order chi connectivity index (χ0) is 12.6. The van der Waals surface area contributed by atoms with Gasteiger partial charge in [0, 0.05) is 10.3 Å². The van der Waals surface area contributed by atoms with Crippen molar-refractivity contribution >= 4 is 22.9 Å². The van der Waals surface area contributed by atoms with E-state index in [9.17, 15) is 0 Å². The smallest absolute Gasteiger partial charge is 0.0860 e. The van der Waals surface area contributed by atoms with E-state index in [2.05, 4.69) is 48.7 Å². The van der Waals surface area contributed by atoms with Crippen LogP contribution in [0.3, 0.4) is 0 Å². The van der Waals surface area contributed by atoms with Gasteiger partial charge in [0.2, 0.25) is 0 Å². The van der Waals surface area contributed by atoms with Crippen LogP contribution in [-0.2, 0) is 5.41 Å². The molecule has 0 fully saturated rings. The van der Waals surface area contributed by atoms with Gasteiger partial charge in [-0.1, -0.05) is 25.3 Å². The zero-order valence-corrected chi connectivity index (χ0v) is 12.2. The Labute approximate surface area is 110 Å². The van der Waals surface area contributed by atoms with E-state index in [-0.39, 0.29) is 11.5 Å². The van der Waals surface area contributed by atoms with Gasteiger partial charge >= 0.3 is 0 Å². The molecule has 3 nitrogen and oxygen atoms in total. The summed E-state index contributed by atoms with van der Waals surface area (Å²) in [6.07, 6.45) is 0. The first kappa shape index (κ1) is 12.7. The second kappa shape index (κ2) is 4.48. The predicted octanol–water partition coefficient (Wildman–Crippen LogP) is 3.25. The predicted molar refractivity (Wildman–Crippen MR) is 73.7 cm³/mol. The quantitative estimate of drug-likeness (QED) is 0.908. The van der Waals surface area contributed by atoms with Gasteiger partial charge in [0.15, 0.2) is 0 Å². The van der Waals surface area contributed by atoms with Crippen LogP contribution in [0.2, 0.25) is 0 Å². The third-order valence-electron chi connectivity index (χ3n) is 2.74. The molecule has 0 radical (unpaired) electrons. The molecule has 0 saturated carbocycles. The number of thiophene rings is 1. The van der Waals surface area contributed by atoms with Crippen molar-refractivity contribution < 1.29 is 0 Å². The highest BCUT2D eigenvalue weighted by atomic mass is 32.1. The molecule has 2 aromatic heterocycles. The second-order valence-corrected chi connectivity index (χ2v) is 7.05. The molecule has 0 aliphatic rings. The lowest BCUT2D eigenvalue weighted by Crippen LogP contribution is -2.19. The van der Waals surface area contributed by atoms with Crippen LogP contribution in [0.1, 0.15) is 47.8 Å². The van der Waals surface area contributed by atoms with Gasteiger partial charge in [0.05, 0.1) is 16.6 Å². The minimum absolute atomic E-state index is 0.0100. The first-order chi connectivity index (χ1) is 7.91. The summed E-state index contributed by atoms with van der Waals surface area (Å²) in [5.74, 6) is 0. The molecule has 0 bridgehead atoms. The number of hydrogen-bond acceptors (Lipinski definition) is 5. The van der Waals surface area contributed by atoms with E-state index in [1.165, 1.54) is 22.0 Å². The van der Waals surface area contributed by atoms with E-state index in [1.54, 1.807) is 11.3 Å². The van der Waals surface area contributed by atoms with Gasteiger partial charge in [0.25, 0.3) is 0 Å². The molecule has 2 rings (SSSR count). The third kappa shape index (κ3) is 2.41. The molecule has 0 amide bonds. The van der Waals surface area contributed by atoms with Gasteiger partial charge < -0.3 is 5.73 Å². The Bertz CT molecular complexity index is 508. The maximum Gasteiger partial charge on any atom is 0.0860 e. The van der Waals surface area contributed by atoms with Crippen LogP contribution in [0, 0.1) is 6.92 Å². The number of aryl methyl sites for hydroxylation is 1. The summed E-state index contributed by atoms with van der Waals surface area (Å²) >= 11 is 3.14. The molecule has 92 valence electrons. The molecule has 1 unspecified atom stereocenters. The molecule has 17 heavy (non-hydrogen) atoms. The van der Waals surface area contributed by atoms with Crippen LogP contribution >= 0.6 is 22.9 Å². The second-order valence-electron chi connectivity index (χ2n) is 5.15. The van der Waals surface area contributed by atoms with Crippen LogP contribution < -0.4 is 5.73 Å². The number of nitrogens with two attached hydrogens (primary N) is 1. The maximum absolute atomic E-state index is 6.34. The van der Waals surface area contributed by atoms with Gasteiger partial charge in [-0.2, -0.15) is 0 Å². The van der Waals surface area contributed by atoms with E-state index in [0.29, 0.717) is 0 Å². The fourth-order valence-corrected chi connectivity index (χ4v) is 3.41. The fraction of sp³-hybridized carbons (Fsp3) is 0.500. The number of aromatic nitrogens is 2. The summed E-state index contributed by atoms with van der Waals surface area (Å²) in [4.78, 5) is 2.35. The summed E-state index contributed by atoms with van der Waals surface area (Å²) < 4.78 is 4.06. The molecule has 0 aromatic carbocycles. The Morgan fingerprint density at radius 3 is 2.59 bits per heavy atom. The molecule has 0 aliphatic heterocycles. The molecular weight excluding hydrogens is 250 g/mol. The summed E-state index contributed by atoms with van der Waals surface area (Å²) in [5.41, 5.74) is 8.53. The third-order valence-corrected chi connectivity index (χ3v) is 4.41. The highest BCUT2D eigenvalue weighted by molar-refractivity contribution is 7.10. The Balaban J connectivity index is 2.42. The zero-order valence-electron chi connectivity index (χ0n) is 10.5. The van der Waals surface area contributed by atoms with Gasteiger partial charge in [-0.3, -0.25) is 0 Å². The van der Waals surface area contributed by atoms with Crippen molar-refractivity contribution in [2.75, 3.05) is 0 Å². The molecule has 0 spiro atoms. The Kier molecular flexibility index (Phi) is 3.34. The van der Waals surface area contributed by atoms with E-state index in [4.69, 9.17) is 5.73 Å². The standard InChI is InChI=1S/C12H17N3S2/c1-7-8(5-6-16-7)9(13)10-11(12(2,3)4)14-15-17-10/h5-6,9H,13H2,1-4H3. The van der Waals surface area contributed by atoms with Crippen molar-refractivity contribution in [3.63, 3.8) is 0 Å². The summed E-state index contributed by atoms with van der Waals surface area (Å²) in [6.45, 7) is 8.52. The first-order valence-electron chi connectivity index (χ1n) is 5.53. The lowest BCUT2D eigenvalue weighted by atomic mass is 9.89. The lowest BCUT2D eigenvalue weighted by molar-refractivity contribution is 0.556. The Morgan fingerprint density at radius 2 is 2.06 bits per heavy atom. The molecule has 2 heterocycles. The molecular formula is C12H17N3S2. The van der Waals surface area contributed by atoms with Gasteiger partial charge in [-0.15, -0.1) is 16.4 Å². The number of nitrogens with zero attached hydrogens (tertiary/aromatic N) is 2. The first-order valence-corrected chi connectivity index (χ1v) is 7.19. The van der Waals surface area contributed by atoms with E-state index in [0.717, 1.165) is 10.6 Å². The van der Waals surface area contributed by atoms with Crippen molar-refractivity contribution in [1.82, 2.24) is 9.59 Å².